The first kappa shape index (κ1) is 17.6. The fourth-order valence-electron chi connectivity index (χ4n) is 3.60. The van der Waals surface area contributed by atoms with Gasteiger partial charge in [0.2, 0.25) is 0 Å². The van der Waals surface area contributed by atoms with Crippen LogP contribution in [0.4, 0.5) is 5.69 Å². The van der Waals surface area contributed by atoms with Crippen molar-refractivity contribution in [2.75, 3.05) is 32.7 Å². The van der Waals surface area contributed by atoms with Gasteiger partial charge in [-0.05, 0) is 24.1 Å². The minimum absolute atomic E-state index is 0.173. The Kier molecular flexibility index (Phi) is 6.14. The zero-order valence-electron chi connectivity index (χ0n) is 14.6. The molecule has 1 aliphatic rings. The van der Waals surface area contributed by atoms with Crippen LogP contribution in [-0.4, -0.2) is 37.6 Å². The number of benzene rings is 2. The summed E-state index contributed by atoms with van der Waals surface area (Å²) in [5, 5.41) is 10.7. The Morgan fingerprint density at radius 1 is 0.840 bits per heavy atom. The van der Waals surface area contributed by atoms with Crippen LogP contribution in [0.2, 0.25) is 0 Å². The number of nitrogens with zero attached hydrogens (tertiary/aromatic N) is 1. The van der Waals surface area contributed by atoms with Gasteiger partial charge >= 0.3 is 0 Å². The first-order valence-electron chi connectivity index (χ1n) is 9.15. The number of non-ortho nitro benzene ring substituents is 1. The molecule has 0 bridgehead atoms. The van der Waals surface area contributed by atoms with Crippen LogP contribution in [-0.2, 0) is 13.0 Å². The zero-order valence-corrected chi connectivity index (χ0v) is 14.6. The number of piperazine rings is 1. The minimum atomic E-state index is -0.339. The Bertz CT molecular complexity index is 665. The van der Waals surface area contributed by atoms with E-state index in [9.17, 15) is 10.1 Å². The minimum Gasteiger partial charge on any atom is -0.326 e. The number of nitro groups is 1. The molecule has 2 aromatic rings. The molecule has 0 atom stereocenters. The van der Waals surface area contributed by atoms with Crippen LogP contribution in [0.5, 0.6) is 0 Å². The van der Waals surface area contributed by atoms with E-state index in [-0.39, 0.29) is 10.6 Å². The van der Waals surface area contributed by atoms with E-state index in [2.05, 4.69) is 30.3 Å². The summed E-state index contributed by atoms with van der Waals surface area (Å²) >= 11 is 0. The molecule has 0 spiro atoms. The van der Waals surface area contributed by atoms with Crippen LogP contribution < -0.4 is 9.80 Å². The largest absolute Gasteiger partial charge is 0.326 e. The summed E-state index contributed by atoms with van der Waals surface area (Å²) in [5.41, 5.74) is 2.80. The van der Waals surface area contributed by atoms with Gasteiger partial charge in [0.25, 0.3) is 5.69 Å². The molecule has 5 nitrogen and oxygen atoms in total. The van der Waals surface area contributed by atoms with Crippen LogP contribution in [0.3, 0.4) is 0 Å². The molecular weight excluding hydrogens is 314 g/mol. The van der Waals surface area contributed by atoms with Crippen LogP contribution in [0.25, 0.3) is 0 Å². The number of nitro benzene ring substituents is 1. The van der Waals surface area contributed by atoms with Gasteiger partial charge in [0.1, 0.15) is 32.7 Å². The third-order valence-corrected chi connectivity index (χ3v) is 5.10. The maximum Gasteiger partial charge on any atom is 0.269 e. The van der Waals surface area contributed by atoms with Gasteiger partial charge in [-0.25, -0.2) is 0 Å². The summed E-state index contributed by atoms with van der Waals surface area (Å²) in [4.78, 5) is 13.7. The molecule has 2 N–H and O–H groups in total. The smallest absolute Gasteiger partial charge is 0.269 e. The van der Waals surface area contributed by atoms with Crippen LogP contribution in [0, 0.1) is 10.1 Å². The standard InChI is InChI=1S/C20H25N3O2/c24-23(25)20-10-8-19(9-11-20)17-22-15-13-21(14-16-22)12-4-7-18-5-2-1-3-6-18/h1-3,5-6,8-11H,4,7,12-17H2/p+2. The number of nitrogens with one attached hydrogen (secondary N) is 2. The van der Waals surface area contributed by atoms with Crippen molar-refractivity contribution in [2.45, 2.75) is 19.4 Å². The summed E-state index contributed by atoms with van der Waals surface area (Å²) in [6.07, 6.45) is 2.42. The Morgan fingerprint density at radius 3 is 2.12 bits per heavy atom. The molecule has 1 heterocycles. The van der Waals surface area contributed by atoms with E-state index in [1.807, 2.05) is 12.1 Å². The monoisotopic (exact) mass is 341 g/mol. The summed E-state index contributed by atoms with van der Waals surface area (Å²) in [7, 11) is 0. The molecule has 0 aliphatic carbocycles. The third-order valence-electron chi connectivity index (χ3n) is 5.10. The van der Waals surface area contributed by atoms with Crippen molar-refractivity contribution in [2.24, 2.45) is 0 Å². The van der Waals surface area contributed by atoms with E-state index in [1.54, 1.807) is 21.9 Å². The van der Waals surface area contributed by atoms with Crippen LogP contribution >= 0.6 is 0 Å². The quantitative estimate of drug-likeness (QED) is 0.570. The lowest BCUT2D eigenvalue weighted by Gasteiger charge is -2.29. The van der Waals surface area contributed by atoms with Crippen molar-refractivity contribution in [1.82, 2.24) is 0 Å². The van der Waals surface area contributed by atoms with Crippen molar-refractivity contribution in [3.8, 4) is 0 Å². The van der Waals surface area contributed by atoms with Crippen molar-refractivity contribution in [1.29, 1.82) is 0 Å². The highest BCUT2D eigenvalue weighted by Gasteiger charge is 2.22. The number of hydrogen-bond acceptors (Lipinski definition) is 2. The van der Waals surface area contributed by atoms with Crippen molar-refractivity contribution in [3.63, 3.8) is 0 Å². The second kappa shape index (κ2) is 8.74. The number of aryl methyl sites for hydroxylation is 1. The Morgan fingerprint density at radius 2 is 1.48 bits per heavy atom. The van der Waals surface area contributed by atoms with Gasteiger partial charge in [0, 0.05) is 24.1 Å². The van der Waals surface area contributed by atoms with E-state index in [0.717, 1.165) is 6.54 Å². The molecule has 1 aliphatic heterocycles. The predicted octanol–water partition coefficient (Wildman–Crippen LogP) is 0.511. The molecular formula is C20H27N3O2+2. The molecule has 1 fully saturated rings. The highest BCUT2D eigenvalue weighted by Crippen LogP contribution is 2.11. The Labute approximate surface area is 149 Å². The molecule has 0 amide bonds. The van der Waals surface area contributed by atoms with Gasteiger partial charge in [-0.15, -0.1) is 0 Å². The Hall–Kier alpha value is -2.24. The van der Waals surface area contributed by atoms with Gasteiger partial charge in [0.15, 0.2) is 0 Å². The van der Waals surface area contributed by atoms with E-state index < -0.39 is 0 Å². The molecule has 0 aromatic heterocycles. The average Bonchev–Trinajstić information content (AvgIpc) is 2.64. The number of rotatable bonds is 7. The highest BCUT2D eigenvalue weighted by molar-refractivity contribution is 5.32. The van der Waals surface area contributed by atoms with Crippen molar-refractivity contribution in [3.05, 3.63) is 75.8 Å². The van der Waals surface area contributed by atoms with Gasteiger partial charge in [0.05, 0.1) is 11.5 Å². The van der Waals surface area contributed by atoms with Gasteiger partial charge in [-0.3, -0.25) is 10.1 Å². The molecule has 132 valence electrons. The van der Waals surface area contributed by atoms with E-state index >= 15 is 0 Å². The van der Waals surface area contributed by atoms with Gasteiger partial charge in [-0.2, -0.15) is 0 Å². The molecule has 0 saturated carbocycles. The maximum atomic E-state index is 10.7. The molecule has 1 saturated heterocycles. The van der Waals surface area contributed by atoms with Crippen molar-refractivity contribution < 1.29 is 14.7 Å². The first-order valence-corrected chi connectivity index (χ1v) is 9.15. The van der Waals surface area contributed by atoms with Gasteiger partial charge in [-0.1, -0.05) is 30.3 Å². The van der Waals surface area contributed by atoms with Crippen LogP contribution in [0.15, 0.2) is 54.6 Å². The normalized spacial score (nSPS) is 20.3. The fourth-order valence-corrected chi connectivity index (χ4v) is 3.60. The maximum absolute atomic E-state index is 10.7. The molecule has 0 unspecified atom stereocenters. The molecule has 3 rings (SSSR count). The lowest BCUT2D eigenvalue weighted by atomic mass is 10.1. The highest BCUT2D eigenvalue weighted by atomic mass is 16.6. The van der Waals surface area contributed by atoms with Crippen LogP contribution in [0.1, 0.15) is 17.5 Å². The average molecular weight is 341 g/mol. The van der Waals surface area contributed by atoms with Crippen molar-refractivity contribution >= 4 is 5.69 Å². The summed E-state index contributed by atoms with van der Waals surface area (Å²) in [6.45, 7) is 7.01. The molecule has 5 heteroatoms. The van der Waals surface area contributed by atoms with E-state index in [4.69, 9.17) is 0 Å². The lowest BCUT2D eigenvalue weighted by molar-refractivity contribution is -1.02. The lowest BCUT2D eigenvalue weighted by Crippen LogP contribution is -3.27. The van der Waals surface area contributed by atoms with E-state index in [1.165, 1.54) is 56.7 Å². The number of hydrogen-bond donors (Lipinski definition) is 2. The Balaban J connectivity index is 1.37. The second-order valence-corrected chi connectivity index (χ2v) is 6.94. The first-order chi connectivity index (χ1) is 12.2. The van der Waals surface area contributed by atoms with Gasteiger partial charge < -0.3 is 9.80 Å². The predicted molar refractivity (Wildman–Crippen MR) is 97.8 cm³/mol. The third kappa shape index (κ3) is 5.37. The fraction of sp³-hybridized carbons (Fsp3) is 0.400. The molecule has 25 heavy (non-hydrogen) atoms. The topological polar surface area (TPSA) is 52.0 Å². The summed E-state index contributed by atoms with van der Waals surface area (Å²) < 4.78 is 0. The summed E-state index contributed by atoms with van der Waals surface area (Å²) in [5.74, 6) is 0. The molecule has 2 aromatic carbocycles. The number of quaternary nitrogens is 2. The zero-order chi connectivity index (χ0) is 17.5. The SMILES string of the molecule is O=[N+]([O-])c1ccc(C[NH+]2CC[NH+](CCCc3ccccc3)CC2)cc1. The summed E-state index contributed by atoms with van der Waals surface area (Å²) in [6, 6.07) is 17.7. The van der Waals surface area contributed by atoms with E-state index in [0.29, 0.717) is 0 Å². The second-order valence-electron chi connectivity index (χ2n) is 6.94. The molecule has 0 radical (unpaired) electrons.